The second-order valence-electron chi connectivity index (χ2n) is 15.4. The average Bonchev–Trinajstić information content (AvgIpc) is 3.71. The zero-order chi connectivity index (χ0) is 44.7. The van der Waals surface area contributed by atoms with Gasteiger partial charge in [0.2, 0.25) is 0 Å². The number of para-hydroxylation sites is 2. The van der Waals surface area contributed by atoms with Crippen LogP contribution in [0.5, 0.6) is 0 Å². The molecule has 0 aliphatic rings. The van der Waals surface area contributed by atoms with E-state index < -0.39 is 0 Å². The van der Waals surface area contributed by atoms with Crippen LogP contribution in [0.2, 0.25) is 0 Å². The minimum atomic E-state index is -0.136. The third-order valence-corrected chi connectivity index (χ3v) is 11.7. The Hall–Kier alpha value is -8.20. The van der Waals surface area contributed by atoms with Gasteiger partial charge >= 0.3 is 0 Å². The van der Waals surface area contributed by atoms with E-state index in [0.717, 1.165) is 77.7 Å². The Labute approximate surface area is 368 Å². The summed E-state index contributed by atoms with van der Waals surface area (Å²) in [7, 11) is 0. The Morgan fingerprint density at radius 3 is 1.47 bits per heavy atom. The zero-order valence-corrected chi connectivity index (χ0v) is 33.8. The third kappa shape index (κ3) is 6.84. The van der Waals surface area contributed by atoms with Crippen molar-refractivity contribution in [1.82, 2.24) is 4.57 Å². The van der Waals surface area contributed by atoms with Crippen molar-refractivity contribution < 1.29 is 5.48 Å². The number of hydrogen-bond acceptors (Lipinski definition) is 1. The van der Waals surface area contributed by atoms with Crippen LogP contribution in [0.15, 0.2) is 255 Å². The Morgan fingerprint density at radius 1 is 0.306 bits per heavy atom. The first kappa shape index (κ1) is 32.6. The van der Waals surface area contributed by atoms with E-state index in [1.807, 2.05) is 126 Å². The maximum atomic E-state index is 9.86. The minimum Gasteiger partial charge on any atom is -0.310 e. The van der Waals surface area contributed by atoms with Crippen molar-refractivity contribution in [3.63, 3.8) is 0 Å². The quantitative estimate of drug-likeness (QED) is 0.141. The normalized spacial score (nSPS) is 12.1. The van der Waals surface area contributed by atoms with E-state index in [2.05, 4.69) is 114 Å². The SMILES string of the molecule is [2H]c1c([2H])c(N(c2ccc(-c3ccccc3)cc2)c2ccc(-c3ccccc3)cc2-c2ccccc2)c([2H])c([2H])c1-c1ccc2c(c1)c1ccccc1n2-c1ccccc1-c1ccccc1. The largest absolute Gasteiger partial charge is 0.310 e. The molecule has 0 amide bonds. The summed E-state index contributed by atoms with van der Waals surface area (Å²) >= 11 is 0. The summed E-state index contributed by atoms with van der Waals surface area (Å²) in [5.74, 6) is 0. The summed E-state index contributed by atoms with van der Waals surface area (Å²) in [5.41, 5.74) is 13.8. The minimum absolute atomic E-state index is 0.114. The molecule has 0 saturated carbocycles. The molecule has 0 saturated heterocycles. The predicted molar refractivity (Wildman–Crippen MR) is 263 cm³/mol. The first-order valence-electron chi connectivity index (χ1n) is 22.9. The third-order valence-electron chi connectivity index (χ3n) is 11.7. The second-order valence-corrected chi connectivity index (χ2v) is 15.4. The van der Waals surface area contributed by atoms with Crippen molar-refractivity contribution in [3.05, 3.63) is 255 Å². The Morgan fingerprint density at radius 2 is 0.790 bits per heavy atom. The fourth-order valence-electron chi connectivity index (χ4n) is 8.69. The van der Waals surface area contributed by atoms with E-state index in [1.165, 1.54) is 0 Å². The van der Waals surface area contributed by atoms with Gasteiger partial charge in [0.1, 0.15) is 0 Å². The van der Waals surface area contributed by atoms with Gasteiger partial charge in [-0.05, 0) is 105 Å². The molecule has 0 bridgehead atoms. The number of nitrogens with zero attached hydrogens (tertiary/aromatic N) is 2. The molecule has 0 fully saturated rings. The van der Waals surface area contributed by atoms with Crippen molar-refractivity contribution in [2.24, 2.45) is 0 Å². The van der Waals surface area contributed by atoms with Gasteiger partial charge in [-0.2, -0.15) is 0 Å². The molecule has 0 unspecified atom stereocenters. The first-order valence-corrected chi connectivity index (χ1v) is 20.9. The first-order chi connectivity index (χ1) is 32.4. The number of aromatic nitrogens is 1. The van der Waals surface area contributed by atoms with Crippen LogP contribution in [0.3, 0.4) is 0 Å². The maximum absolute atomic E-state index is 9.86. The van der Waals surface area contributed by atoms with Crippen molar-refractivity contribution in [2.45, 2.75) is 0 Å². The highest BCUT2D eigenvalue weighted by atomic mass is 15.1. The van der Waals surface area contributed by atoms with Crippen molar-refractivity contribution in [1.29, 1.82) is 0 Å². The van der Waals surface area contributed by atoms with Gasteiger partial charge in [-0.3, -0.25) is 0 Å². The van der Waals surface area contributed by atoms with Crippen molar-refractivity contribution in [2.75, 3.05) is 4.90 Å². The van der Waals surface area contributed by atoms with E-state index in [1.54, 1.807) is 0 Å². The molecule has 1 heterocycles. The van der Waals surface area contributed by atoms with Crippen LogP contribution in [0.25, 0.3) is 83.1 Å². The van der Waals surface area contributed by atoms with E-state index in [0.29, 0.717) is 11.3 Å². The van der Waals surface area contributed by atoms with Gasteiger partial charge in [0.25, 0.3) is 0 Å². The molecule has 0 atom stereocenters. The highest BCUT2D eigenvalue weighted by Gasteiger charge is 2.20. The fraction of sp³-hybridized carbons (Fsp3) is 0. The highest BCUT2D eigenvalue weighted by Crippen LogP contribution is 2.44. The van der Waals surface area contributed by atoms with Crippen LogP contribution in [0.4, 0.5) is 17.1 Å². The number of benzene rings is 10. The molecule has 292 valence electrons. The fourth-order valence-corrected chi connectivity index (χ4v) is 8.69. The van der Waals surface area contributed by atoms with Crippen LogP contribution in [0.1, 0.15) is 5.48 Å². The molecule has 2 nitrogen and oxygen atoms in total. The van der Waals surface area contributed by atoms with Crippen LogP contribution in [-0.2, 0) is 0 Å². The molecule has 1 aromatic heterocycles. The van der Waals surface area contributed by atoms with Gasteiger partial charge in [0.15, 0.2) is 0 Å². The molecule has 0 spiro atoms. The predicted octanol–water partition coefficient (Wildman–Crippen LogP) is 16.6. The van der Waals surface area contributed by atoms with Crippen molar-refractivity contribution in [3.8, 4) is 61.3 Å². The molecule has 62 heavy (non-hydrogen) atoms. The van der Waals surface area contributed by atoms with Crippen LogP contribution in [0, 0.1) is 0 Å². The monoisotopic (exact) mass is 794 g/mol. The average molecular weight is 795 g/mol. The zero-order valence-electron chi connectivity index (χ0n) is 37.8. The molecule has 0 N–H and O–H groups in total. The maximum Gasteiger partial charge on any atom is 0.0645 e. The summed E-state index contributed by atoms with van der Waals surface area (Å²) < 4.78 is 41.5. The molecule has 0 aliphatic heterocycles. The Balaban J connectivity index is 1.11. The molecule has 0 aliphatic carbocycles. The van der Waals surface area contributed by atoms with Crippen LogP contribution in [-0.4, -0.2) is 4.57 Å². The smallest absolute Gasteiger partial charge is 0.0645 e. The van der Waals surface area contributed by atoms with Crippen LogP contribution < -0.4 is 4.90 Å². The molecule has 11 rings (SSSR count). The number of anilines is 3. The van der Waals surface area contributed by atoms with Crippen LogP contribution >= 0.6 is 0 Å². The van der Waals surface area contributed by atoms with Gasteiger partial charge in [-0.1, -0.05) is 194 Å². The molecule has 2 heteroatoms. The lowest BCUT2D eigenvalue weighted by Crippen LogP contribution is -2.11. The van der Waals surface area contributed by atoms with Gasteiger partial charge in [-0.25, -0.2) is 0 Å². The Bertz CT molecular complexity index is 3520. The number of fused-ring (bicyclic) bond motifs is 3. The van der Waals surface area contributed by atoms with Gasteiger partial charge < -0.3 is 9.47 Å². The lowest BCUT2D eigenvalue weighted by molar-refractivity contribution is 1.18. The topological polar surface area (TPSA) is 8.17 Å². The standard InChI is InChI=1S/C60H42N2/c1-5-17-43(18-6-1)45-29-35-51(36-30-45)61(59-39-33-49(44-19-7-2-8-20-44)41-55(59)48-23-11-4-12-24-48)52-37-31-46(32-38-52)50-34-40-60-56(42-50)54-26-14-16-28-58(54)62(60)57-27-15-13-25-53(57)47-21-9-3-10-22-47/h1-42H/i31D,32D,37D,38D. The number of rotatable bonds is 9. The molecular formula is C60H42N2. The summed E-state index contributed by atoms with van der Waals surface area (Å²) in [6.07, 6.45) is 0. The Kier molecular flexibility index (Phi) is 8.47. The number of hydrogen-bond donors (Lipinski definition) is 0. The van der Waals surface area contributed by atoms with Gasteiger partial charge in [0, 0.05) is 33.3 Å². The van der Waals surface area contributed by atoms with E-state index in [9.17, 15) is 5.48 Å². The van der Waals surface area contributed by atoms with E-state index >= 15 is 0 Å². The van der Waals surface area contributed by atoms with Crippen molar-refractivity contribution >= 4 is 38.9 Å². The lowest BCUT2D eigenvalue weighted by atomic mass is 9.96. The molecular weight excluding hydrogens is 749 g/mol. The van der Waals surface area contributed by atoms with Gasteiger partial charge in [0.05, 0.1) is 27.9 Å². The summed E-state index contributed by atoms with van der Waals surface area (Å²) in [4.78, 5) is 1.90. The molecule has 10 aromatic carbocycles. The van der Waals surface area contributed by atoms with E-state index in [4.69, 9.17) is 0 Å². The lowest BCUT2D eigenvalue weighted by Gasteiger charge is -2.29. The summed E-state index contributed by atoms with van der Waals surface area (Å²) in [6, 6.07) is 77.5. The summed E-state index contributed by atoms with van der Waals surface area (Å²) in [5, 5.41) is 1.99. The molecule has 0 radical (unpaired) electrons. The highest BCUT2D eigenvalue weighted by molar-refractivity contribution is 6.11. The van der Waals surface area contributed by atoms with Gasteiger partial charge in [-0.15, -0.1) is 0 Å². The summed E-state index contributed by atoms with van der Waals surface area (Å²) in [6.45, 7) is 0. The molecule has 11 aromatic rings. The van der Waals surface area contributed by atoms with E-state index in [-0.39, 0.29) is 35.4 Å². The second kappa shape index (κ2) is 16.1.